The predicted molar refractivity (Wildman–Crippen MR) is 130 cm³/mol. The molecule has 0 saturated carbocycles. The number of halogens is 1. The third kappa shape index (κ3) is 5.23. The van der Waals surface area contributed by atoms with Gasteiger partial charge < -0.3 is 33.2 Å². The van der Waals surface area contributed by atoms with Crippen molar-refractivity contribution in [2.75, 3.05) is 21.3 Å². The van der Waals surface area contributed by atoms with Gasteiger partial charge in [-0.15, -0.1) is 0 Å². The Hall–Kier alpha value is -2.62. The highest BCUT2D eigenvalue weighted by atomic mass is 19.1. The van der Waals surface area contributed by atoms with Crippen LogP contribution in [0.5, 0.6) is 17.2 Å². The molecule has 0 aromatic heterocycles. The van der Waals surface area contributed by atoms with Gasteiger partial charge in [-0.2, -0.15) is 0 Å². The molecule has 4 rings (SSSR count). The first-order chi connectivity index (χ1) is 17.3. The minimum Gasteiger partial charge on any atom is -0.496 e. The first-order valence-electron chi connectivity index (χ1n) is 12.3. The van der Waals surface area contributed by atoms with Crippen LogP contribution in [0.3, 0.4) is 0 Å². The second-order valence-electron chi connectivity index (χ2n) is 9.28. The number of benzene rings is 2. The molecule has 2 fully saturated rings. The van der Waals surface area contributed by atoms with Crippen LogP contribution in [0, 0.1) is 5.82 Å². The van der Waals surface area contributed by atoms with Gasteiger partial charge in [0.15, 0.2) is 17.9 Å². The molecule has 0 N–H and O–H groups in total. The average molecular weight is 507 g/mol. The molecule has 36 heavy (non-hydrogen) atoms. The maximum atomic E-state index is 14.8. The summed E-state index contributed by atoms with van der Waals surface area (Å²) in [5, 5.41) is 1.20. The van der Waals surface area contributed by atoms with E-state index in [1.54, 1.807) is 7.11 Å². The Labute approximate surface area is 210 Å². The summed E-state index contributed by atoms with van der Waals surface area (Å²) in [5.41, 5.74) is 0.813. The van der Waals surface area contributed by atoms with Crippen LogP contribution in [-0.4, -0.2) is 58.0 Å². The highest BCUT2D eigenvalue weighted by Crippen LogP contribution is 2.47. The summed E-state index contributed by atoms with van der Waals surface area (Å²) in [6.45, 7) is 5.26. The van der Waals surface area contributed by atoms with Crippen molar-refractivity contribution in [1.82, 2.24) is 0 Å². The summed E-state index contributed by atoms with van der Waals surface area (Å²) in [6.07, 6.45) is 1.25. The Kier molecular flexibility index (Phi) is 8.22. The van der Waals surface area contributed by atoms with Crippen LogP contribution in [0.1, 0.15) is 58.1 Å². The van der Waals surface area contributed by atoms with Crippen molar-refractivity contribution in [3.63, 3.8) is 0 Å². The van der Waals surface area contributed by atoms with E-state index in [0.717, 1.165) is 12.0 Å². The molecular formula is C27H35FO8. The fourth-order valence-electron chi connectivity index (χ4n) is 5.22. The minimum atomic E-state index is -0.527. The Morgan fingerprint density at radius 3 is 2.22 bits per heavy atom. The van der Waals surface area contributed by atoms with Gasteiger partial charge in [-0.25, -0.2) is 4.39 Å². The number of ether oxygens (including phenoxy) is 7. The Morgan fingerprint density at radius 2 is 1.61 bits per heavy atom. The fraction of sp³-hybridized carbons (Fsp3) is 0.593. The van der Waals surface area contributed by atoms with Crippen molar-refractivity contribution in [2.45, 2.75) is 83.3 Å². The molecule has 0 unspecified atom stereocenters. The van der Waals surface area contributed by atoms with Gasteiger partial charge in [0.2, 0.25) is 0 Å². The lowest BCUT2D eigenvalue weighted by atomic mass is 9.93. The van der Waals surface area contributed by atoms with Crippen LogP contribution < -0.4 is 14.2 Å². The van der Waals surface area contributed by atoms with Crippen molar-refractivity contribution in [1.29, 1.82) is 0 Å². The van der Waals surface area contributed by atoms with E-state index >= 15 is 0 Å². The molecular weight excluding hydrogens is 471 g/mol. The molecule has 9 heteroatoms. The summed E-state index contributed by atoms with van der Waals surface area (Å²) in [5.74, 6) is 0.168. The average Bonchev–Trinajstić information content (AvgIpc) is 2.85. The Bertz CT molecular complexity index is 1090. The number of hydrogen-bond acceptors (Lipinski definition) is 8. The second kappa shape index (κ2) is 11.2. The van der Waals surface area contributed by atoms with E-state index in [4.69, 9.17) is 33.2 Å². The van der Waals surface area contributed by atoms with E-state index in [1.807, 2.05) is 26.0 Å². The molecule has 2 aliphatic rings. The van der Waals surface area contributed by atoms with Crippen LogP contribution in [-0.2, 0) is 23.7 Å². The van der Waals surface area contributed by atoms with Gasteiger partial charge in [-0.05, 0) is 39.2 Å². The number of carbonyl (C=O) groups is 1. The molecule has 0 spiro atoms. The third-order valence-electron chi connectivity index (χ3n) is 6.97. The zero-order valence-electron chi connectivity index (χ0n) is 21.7. The molecule has 6 atom stereocenters. The molecule has 2 heterocycles. The molecule has 2 aliphatic heterocycles. The molecule has 0 amide bonds. The summed E-state index contributed by atoms with van der Waals surface area (Å²) in [6, 6.07) is 5.12. The van der Waals surface area contributed by atoms with Gasteiger partial charge in [0.1, 0.15) is 17.6 Å². The zero-order chi connectivity index (χ0) is 26.0. The Morgan fingerprint density at radius 1 is 0.917 bits per heavy atom. The van der Waals surface area contributed by atoms with Gasteiger partial charge in [-0.3, -0.25) is 4.79 Å². The first-order valence-corrected chi connectivity index (χ1v) is 12.3. The van der Waals surface area contributed by atoms with E-state index < -0.39 is 5.82 Å². The van der Waals surface area contributed by atoms with Crippen molar-refractivity contribution in [3.05, 3.63) is 29.6 Å². The van der Waals surface area contributed by atoms with Crippen LogP contribution >= 0.6 is 0 Å². The van der Waals surface area contributed by atoms with E-state index in [2.05, 4.69) is 0 Å². The topological polar surface area (TPSA) is 81.7 Å². The number of methoxy groups -OCH3 is 3. The summed E-state index contributed by atoms with van der Waals surface area (Å²) < 4.78 is 55.2. The largest absolute Gasteiger partial charge is 0.496 e. The van der Waals surface area contributed by atoms with Gasteiger partial charge in [0.25, 0.3) is 0 Å². The minimum absolute atomic E-state index is 0.102. The maximum Gasteiger partial charge on any atom is 0.302 e. The van der Waals surface area contributed by atoms with Gasteiger partial charge >= 0.3 is 5.97 Å². The number of rotatable bonds is 7. The monoisotopic (exact) mass is 506 g/mol. The van der Waals surface area contributed by atoms with Gasteiger partial charge in [0, 0.05) is 30.4 Å². The maximum absolute atomic E-state index is 14.8. The normalized spacial score (nSPS) is 28.5. The number of esters is 1. The van der Waals surface area contributed by atoms with Crippen molar-refractivity contribution in [2.24, 2.45) is 0 Å². The predicted octanol–water partition coefficient (Wildman–Crippen LogP) is 5.09. The second-order valence-corrected chi connectivity index (χ2v) is 9.28. The summed E-state index contributed by atoms with van der Waals surface area (Å²) in [7, 11) is 4.48. The number of hydrogen-bond donors (Lipinski definition) is 0. The lowest BCUT2D eigenvalue weighted by Gasteiger charge is -2.40. The molecule has 0 aliphatic carbocycles. The lowest BCUT2D eigenvalue weighted by molar-refractivity contribution is -0.262. The quantitative estimate of drug-likeness (QED) is 0.481. The van der Waals surface area contributed by atoms with Crippen LogP contribution in [0.15, 0.2) is 18.2 Å². The number of carbonyl (C=O) groups excluding carboxylic acids is 1. The van der Waals surface area contributed by atoms with Crippen LogP contribution in [0.2, 0.25) is 0 Å². The van der Waals surface area contributed by atoms with Gasteiger partial charge in [-0.1, -0.05) is 6.07 Å². The standard InChI is InChI=1S/C27H35FO8/c1-14-21(36-24-12-11-20(15(2)34-24)35-16(3)29)9-10-22(33-14)18-8-7-17-23(30-4)13-19(28)27(32-6)25(17)26(18)31-5/h7-8,13-15,20-22,24H,9-12H2,1-6H3/t14-,15+,20-,21+,22-,24+/m0/s1. The van der Waals surface area contributed by atoms with Gasteiger partial charge in [0.05, 0.1) is 51.1 Å². The van der Waals surface area contributed by atoms with Crippen molar-refractivity contribution in [3.8, 4) is 17.2 Å². The summed E-state index contributed by atoms with van der Waals surface area (Å²) in [4.78, 5) is 11.3. The lowest BCUT2D eigenvalue weighted by Crippen LogP contribution is -2.44. The van der Waals surface area contributed by atoms with Crippen molar-refractivity contribution >= 4 is 16.7 Å². The SMILES string of the molecule is COc1cc(F)c(OC)c2c(OC)c([C@@H]3CC[C@@H](O[C@@H]4CC[C@H](OC(C)=O)[C@@H](C)O4)[C@H](C)O3)ccc12. The van der Waals surface area contributed by atoms with Crippen molar-refractivity contribution < 1.29 is 42.3 Å². The Balaban J connectivity index is 1.50. The first kappa shape index (κ1) is 26.4. The van der Waals surface area contributed by atoms with Crippen LogP contribution in [0.25, 0.3) is 10.8 Å². The molecule has 0 bridgehead atoms. The molecule has 198 valence electrons. The molecule has 2 aromatic rings. The zero-order valence-corrected chi connectivity index (χ0v) is 21.7. The van der Waals surface area contributed by atoms with E-state index in [1.165, 1.54) is 27.2 Å². The molecule has 2 aromatic carbocycles. The fourth-order valence-corrected chi connectivity index (χ4v) is 5.22. The van der Waals surface area contributed by atoms with E-state index in [-0.39, 0.29) is 48.5 Å². The number of fused-ring (bicyclic) bond motifs is 1. The highest BCUT2D eigenvalue weighted by molar-refractivity contribution is 5.99. The summed E-state index contributed by atoms with van der Waals surface area (Å²) >= 11 is 0. The third-order valence-corrected chi connectivity index (χ3v) is 6.97. The molecule has 0 radical (unpaired) electrons. The molecule has 2 saturated heterocycles. The van der Waals surface area contributed by atoms with E-state index in [0.29, 0.717) is 41.5 Å². The van der Waals surface area contributed by atoms with Crippen LogP contribution in [0.4, 0.5) is 4.39 Å². The smallest absolute Gasteiger partial charge is 0.302 e. The van der Waals surface area contributed by atoms with E-state index in [9.17, 15) is 9.18 Å². The molecule has 8 nitrogen and oxygen atoms in total. The highest BCUT2D eigenvalue weighted by Gasteiger charge is 2.37.